The fourth-order valence-electron chi connectivity index (χ4n) is 12.6. The number of rotatable bonds is 13. The molecule has 0 amide bonds. The van der Waals surface area contributed by atoms with Gasteiger partial charge >= 0.3 is 5.97 Å². The number of hydrogen-bond donors (Lipinski definition) is 0. The van der Waals surface area contributed by atoms with Crippen molar-refractivity contribution in [2.75, 3.05) is 6.61 Å². The molecule has 5 heteroatoms. The monoisotopic (exact) mass is 772 g/mol. The zero-order valence-corrected chi connectivity index (χ0v) is 36.4. The number of ether oxygens (including phenoxy) is 2. The summed E-state index contributed by atoms with van der Waals surface area (Å²) in [5.41, 5.74) is 3.84. The Hall–Kier alpha value is -3.25. The molecule has 3 fully saturated rings. The van der Waals surface area contributed by atoms with Crippen LogP contribution in [0.5, 0.6) is 0 Å². The van der Waals surface area contributed by atoms with Gasteiger partial charge in [-0.15, -0.1) is 0 Å². The Morgan fingerprint density at radius 3 is 2.09 bits per heavy atom. The average Bonchev–Trinajstić information content (AvgIpc) is 3.56. The molecule has 3 aromatic carbocycles. The lowest BCUT2D eigenvalue weighted by Crippen LogP contribution is -2.68. The van der Waals surface area contributed by atoms with E-state index in [2.05, 4.69) is 139 Å². The molecule has 0 unspecified atom stereocenters. The summed E-state index contributed by atoms with van der Waals surface area (Å²) in [5.74, 6) is 2.68. The highest BCUT2D eigenvalue weighted by atomic mass is 28.4. The minimum Gasteiger partial charge on any atom is -0.463 e. The highest BCUT2D eigenvalue weighted by molar-refractivity contribution is 6.99. The first-order valence-electron chi connectivity index (χ1n) is 21.8. The first-order valence-corrected chi connectivity index (χ1v) is 23.7. The third-order valence-corrected chi connectivity index (χ3v) is 20.5. The fraction of sp³-hybridized carbons (Fsp3) is 0.549. The van der Waals surface area contributed by atoms with Crippen LogP contribution in [0.15, 0.2) is 115 Å². The van der Waals surface area contributed by atoms with Crippen LogP contribution in [0, 0.1) is 40.4 Å². The topological polar surface area (TPSA) is 44.8 Å². The maximum Gasteiger partial charge on any atom is 0.333 e. The molecule has 0 N–H and O–H groups in total. The number of hydrogen-bond acceptors (Lipinski definition) is 4. The minimum absolute atomic E-state index is 0.0237. The molecule has 300 valence electrons. The summed E-state index contributed by atoms with van der Waals surface area (Å²) in [5, 5.41) is 2.72. The van der Waals surface area contributed by atoms with Crippen LogP contribution in [0.2, 0.25) is 5.04 Å². The molecule has 3 aromatic rings. The van der Waals surface area contributed by atoms with Crippen molar-refractivity contribution in [1.29, 1.82) is 0 Å². The Bertz CT molecular complexity index is 1790. The number of carbonyl (C=O) groups excluding carboxylic acids is 1. The molecule has 56 heavy (non-hydrogen) atoms. The van der Waals surface area contributed by atoms with Crippen LogP contribution in [0.4, 0.5) is 0 Å². The van der Waals surface area contributed by atoms with Crippen LogP contribution in [-0.2, 0) is 25.3 Å². The lowest BCUT2D eigenvalue weighted by molar-refractivity contribution is -0.139. The van der Waals surface area contributed by atoms with Gasteiger partial charge in [0.05, 0.1) is 19.3 Å². The first kappa shape index (κ1) is 40.9. The van der Waals surface area contributed by atoms with Crippen molar-refractivity contribution >= 4 is 24.7 Å². The van der Waals surface area contributed by atoms with E-state index in [1.54, 1.807) is 5.57 Å². The van der Waals surface area contributed by atoms with E-state index in [0.29, 0.717) is 48.9 Å². The maximum absolute atomic E-state index is 12.8. The van der Waals surface area contributed by atoms with E-state index in [4.69, 9.17) is 13.9 Å². The van der Waals surface area contributed by atoms with Gasteiger partial charge < -0.3 is 13.9 Å². The molecule has 0 spiro atoms. The lowest BCUT2D eigenvalue weighted by atomic mass is 9.47. The third-order valence-electron chi connectivity index (χ3n) is 15.4. The van der Waals surface area contributed by atoms with Gasteiger partial charge in [0.2, 0.25) is 0 Å². The molecule has 0 aromatic heterocycles. The summed E-state index contributed by atoms with van der Waals surface area (Å²) >= 11 is 0. The number of esters is 1. The Kier molecular flexibility index (Phi) is 12.1. The smallest absolute Gasteiger partial charge is 0.333 e. The van der Waals surface area contributed by atoms with Gasteiger partial charge in [0, 0.05) is 18.1 Å². The van der Waals surface area contributed by atoms with Gasteiger partial charge in [-0.2, -0.15) is 0 Å². The molecular weight excluding hydrogens is 705 g/mol. The summed E-state index contributed by atoms with van der Waals surface area (Å²) in [6.07, 6.45) is 13.0. The van der Waals surface area contributed by atoms with Crippen LogP contribution < -0.4 is 10.4 Å². The van der Waals surface area contributed by atoms with Gasteiger partial charge in [-0.25, -0.2) is 4.79 Å². The SMILES string of the molecule is C=C(C[C@@H](OCc1ccccc1)[C@@H](C)[C@H]1CC[C@H]2[C@@H]3CC=C4C[C@@H](O[Si](c5ccccc5)(c5ccccc5)C(C)(C)C)CC[C@]4(C)[C@H]3CC[C@]12C)C(=O)OCC. The predicted molar refractivity (Wildman–Crippen MR) is 232 cm³/mol. The van der Waals surface area contributed by atoms with E-state index < -0.39 is 8.32 Å². The first-order chi connectivity index (χ1) is 26.8. The van der Waals surface area contributed by atoms with E-state index in [0.717, 1.165) is 24.3 Å². The normalized spacial score (nSPS) is 29.9. The van der Waals surface area contributed by atoms with Gasteiger partial charge in [0.25, 0.3) is 8.32 Å². The molecule has 4 aliphatic carbocycles. The Labute approximate surface area is 339 Å². The molecule has 9 atom stereocenters. The molecule has 0 bridgehead atoms. The van der Waals surface area contributed by atoms with E-state index in [9.17, 15) is 4.79 Å². The Balaban J connectivity index is 1.10. The van der Waals surface area contributed by atoms with Crippen molar-refractivity contribution in [3.05, 3.63) is 120 Å². The van der Waals surface area contributed by atoms with Crippen molar-refractivity contribution in [3.63, 3.8) is 0 Å². The van der Waals surface area contributed by atoms with Crippen LogP contribution in [0.25, 0.3) is 0 Å². The number of benzene rings is 3. The van der Waals surface area contributed by atoms with Crippen molar-refractivity contribution in [2.24, 2.45) is 40.4 Å². The minimum atomic E-state index is -2.62. The fourth-order valence-corrected chi connectivity index (χ4v) is 17.3. The molecule has 4 aliphatic rings. The zero-order valence-electron chi connectivity index (χ0n) is 35.4. The maximum atomic E-state index is 12.8. The second-order valence-corrected chi connectivity index (χ2v) is 23.6. The summed E-state index contributed by atoms with van der Waals surface area (Å²) in [7, 11) is -2.62. The molecular formula is C51H68O4Si. The van der Waals surface area contributed by atoms with Crippen LogP contribution in [-0.4, -0.2) is 33.1 Å². The van der Waals surface area contributed by atoms with E-state index in [1.165, 1.54) is 48.9 Å². The molecule has 0 heterocycles. The summed E-state index contributed by atoms with van der Waals surface area (Å²) in [6, 6.07) is 32.8. The molecule has 0 radical (unpaired) electrons. The highest BCUT2D eigenvalue weighted by Gasteiger charge is 2.60. The Morgan fingerprint density at radius 2 is 1.48 bits per heavy atom. The van der Waals surface area contributed by atoms with Crippen molar-refractivity contribution in [2.45, 2.75) is 130 Å². The van der Waals surface area contributed by atoms with E-state index >= 15 is 0 Å². The summed E-state index contributed by atoms with van der Waals surface area (Å²) in [6.45, 7) is 21.8. The third kappa shape index (κ3) is 7.58. The van der Waals surface area contributed by atoms with Crippen LogP contribution in [0.3, 0.4) is 0 Å². The van der Waals surface area contributed by atoms with Gasteiger partial charge in [-0.3, -0.25) is 0 Å². The molecule has 3 saturated carbocycles. The largest absolute Gasteiger partial charge is 0.463 e. The number of allylic oxidation sites excluding steroid dienone is 1. The Morgan fingerprint density at radius 1 is 0.857 bits per heavy atom. The van der Waals surface area contributed by atoms with Crippen molar-refractivity contribution in [1.82, 2.24) is 0 Å². The molecule has 0 saturated heterocycles. The molecule has 7 rings (SSSR count). The van der Waals surface area contributed by atoms with Crippen LogP contribution in [0.1, 0.15) is 112 Å². The second kappa shape index (κ2) is 16.5. The number of carbonyl (C=O) groups is 1. The number of fused-ring (bicyclic) bond motifs is 5. The van der Waals surface area contributed by atoms with Gasteiger partial charge in [-0.1, -0.05) is 151 Å². The lowest BCUT2D eigenvalue weighted by Gasteiger charge is -2.59. The zero-order chi connectivity index (χ0) is 39.7. The van der Waals surface area contributed by atoms with Crippen molar-refractivity contribution < 1.29 is 18.7 Å². The summed E-state index contributed by atoms with van der Waals surface area (Å²) in [4.78, 5) is 12.8. The second-order valence-electron chi connectivity index (χ2n) is 19.4. The molecule has 4 nitrogen and oxygen atoms in total. The van der Waals surface area contributed by atoms with E-state index in [1.807, 2.05) is 13.0 Å². The average molecular weight is 773 g/mol. The van der Waals surface area contributed by atoms with Crippen LogP contribution >= 0.6 is 0 Å². The van der Waals surface area contributed by atoms with E-state index in [-0.39, 0.29) is 34.0 Å². The molecule has 0 aliphatic heterocycles. The van der Waals surface area contributed by atoms with Crippen molar-refractivity contribution in [3.8, 4) is 0 Å². The highest BCUT2D eigenvalue weighted by Crippen LogP contribution is 2.67. The standard InChI is InChI=1S/C51H68O4Si/c1-9-53-48(52)36(2)33-47(54-35-38-19-13-10-14-20-38)37(3)44-27-28-45-43-26-25-39-34-40(29-31-50(39,7)46(43)30-32-51(44,45)8)55-56(49(4,5)6,41-21-15-11-16-22-41)42-23-17-12-18-24-42/h10-25,37,40,43-47H,2,9,26-35H2,1,3-8H3/t37-,40-,43-,44+,45-,46-,47+,50-,51+/m0/s1. The van der Waals surface area contributed by atoms with Gasteiger partial charge in [0.15, 0.2) is 0 Å². The predicted octanol–water partition coefficient (Wildman–Crippen LogP) is 11.2. The summed E-state index contributed by atoms with van der Waals surface area (Å²) < 4.78 is 19.9. The quantitative estimate of drug-likeness (QED) is 0.0751. The van der Waals surface area contributed by atoms with Gasteiger partial charge in [0.1, 0.15) is 0 Å². The van der Waals surface area contributed by atoms with Gasteiger partial charge in [-0.05, 0) is 120 Å².